The molecule has 6 nitrogen and oxygen atoms in total. The van der Waals surface area contributed by atoms with Crippen LogP contribution in [0.3, 0.4) is 0 Å². The number of benzene rings is 1. The van der Waals surface area contributed by atoms with Crippen molar-refractivity contribution in [1.82, 2.24) is 19.6 Å². The third-order valence-corrected chi connectivity index (χ3v) is 4.92. The minimum atomic E-state index is 0.101. The number of piperazine rings is 1. The van der Waals surface area contributed by atoms with Crippen molar-refractivity contribution in [2.24, 2.45) is 7.05 Å². The highest BCUT2D eigenvalue weighted by molar-refractivity contribution is 5.96. The maximum Gasteiger partial charge on any atom is 0.257 e. The number of amides is 1. The van der Waals surface area contributed by atoms with Crippen LogP contribution in [-0.2, 0) is 13.6 Å². The molecular formula is C19H26N4O2. The second kappa shape index (κ2) is 7.27. The smallest absolute Gasteiger partial charge is 0.257 e. The van der Waals surface area contributed by atoms with Gasteiger partial charge in [-0.25, -0.2) is 0 Å². The molecule has 0 atom stereocenters. The van der Waals surface area contributed by atoms with Crippen molar-refractivity contribution in [2.45, 2.75) is 20.4 Å². The highest BCUT2D eigenvalue weighted by atomic mass is 16.5. The standard InChI is InChI=1S/C19H26N4O2/c1-14-18(15(2)21(3)20-14)19(24)23-10-8-22(9-11-23)13-16-6-5-7-17(12-16)25-4/h5-7,12H,8-11,13H2,1-4H3. The van der Waals surface area contributed by atoms with E-state index in [-0.39, 0.29) is 5.91 Å². The number of nitrogens with zero attached hydrogens (tertiary/aromatic N) is 4. The molecule has 25 heavy (non-hydrogen) atoms. The number of aryl methyl sites for hydroxylation is 2. The molecule has 0 bridgehead atoms. The van der Waals surface area contributed by atoms with Gasteiger partial charge < -0.3 is 9.64 Å². The molecule has 0 spiro atoms. The van der Waals surface area contributed by atoms with Crippen molar-refractivity contribution in [3.05, 3.63) is 46.8 Å². The monoisotopic (exact) mass is 342 g/mol. The molecule has 1 aromatic carbocycles. The molecule has 1 amide bonds. The lowest BCUT2D eigenvalue weighted by Crippen LogP contribution is -2.48. The summed E-state index contributed by atoms with van der Waals surface area (Å²) in [5.74, 6) is 0.984. The van der Waals surface area contributed by atoms with Gasteiger partial charge in [0.05, 0.1) is 18.4 Å². The highest BCUT2D eigenvalue weighted by Crippen LogP contribution is 2.18. The van der Waals surface area contributed by atoms with Crippen LogP contribution in [0.25, 0.3) is 0 Å². The quantitative estimate of drug-likeness (QED) is 0.853. The Morgan fingerprint density at radius 2 is 1.92 bits per heavy atom. The molecular weight excluding hydrogens is 316 g/mol. The normalized spacial score (nSPS) is 15.4. The molecule has 0 unspecified atom stereocenters. The second-order valence-electron chi connectivity index (χ2n) is 6.59. The number of aromatic nitrogens is 2. The van der Waals surface area contributed by atoms with Crippen molar-refractivity contribution in [3.63, 3.8) is 0 Å². The summed E-state index contributed by atoms with van der Waals surface area (Å²) in [5.41, 5.74) is 3.73. The van der Waals surface area contributed by atoms with Crippen LogP contribution >= 0.6 is 0 Å². The van der Waals surface area contributed by atoms with Crippen LogP contribution in [0.5, 0.6) is 5.75 Å². The zero-order chi connectivity index (χ0) is 18.0. The predicted molar refractivity (Wildman–Crippen MR) is 96.9 cm³/mol. The molecule has 6 heteroatoms. The summed E-state index contributed by atoms with van der Waals surface area (Å²) in [5, 5.41) is 4.36. The van der Waals surface area contributed by atoms with Gasteiger partial charge in [0.1, 0.15) is 5.75 Å². The van der Waals surface area contributed by atoms with Crippen molar-refractivity contribution in [2.75, 3.05) is 33.3 Å². The molecule has 2 heterocycles. The van der Waals surface area contributed by atoms with E-state index in [0.29, 0.717) is 0 Å². The largest absolute Gasteiger partial charge is 0.497 e. The fourth-order valence-corrected chi connectivity index (χ4v) is 3.38. The van der Waals surface area contributed by atoms with Crippen LogP contribution in [0.15, 0.2) is 24.3 Å². The van der Waals surface area contributed by atoms with Crippen molar-refractivity contribution in [1.29, 1.82) is 0 Å². The number of methoxy groups -OCH3 is 1. The third-order valence-electron chi connectivity index (χ3n) is 4.92. The lowest BCUT2D eigenvalue weighted by molar-refractivity contribution is 0.0627. The van der Waals surface area contributed by atoms with E-state index < -0.39 is 0 Å². The van der Waals surface area contributed by atoms with Crippen molar-refractivity contribution >= 4 is 5.91 Å². The zero-order valence-electron chi connectivity index (χ0n) is 15.5. The first-order valence-corrected chi connectivity index (χ1v) is 8.64. The maximum absolute atomic E-state index is 12.8. The van der Waals surface area contributed by atoms with Crippen molar-refractivity contribution in [3.8, 4) is 5.75 Å². The molecule has 0 aliphatic carbocycles. The van der Waals surface area contributed by atoms with E-state index in [2.05, 4.69) is 22.1 Å². The van der Waals surface area contributed by atoms with E-state index in [4.69, 9.17) is 4.74 Å². The Morgan fingerprint density at radius 3 is 2.52 bits per heavy atom. The maximum atomic E-state index is 12.8. The Hall–Kier alpha value is -2.34. The van der Waals surface area contributed by atoms with E-state index in [0.717, 1.165) is 55.4 Å². The molecule has 0 radical (unpaired) electrons. The van der Waals surface area contributed by atoms with Crippen LogP contribution < -0.4 is 4.74 Å². The molecule has 1 saturated heterocycles. The summed E-state index contributed by atoms with van der Waals surface area (Å²) in [6, 6.07) is 8.16. The molecule has 1 aliphatic rings. The zero-order valence-corrected chi connectivity index (χ0v) is 15.5. The topological polar surface area (TPSA) is 50.6 Å². The van der Waals surface area contributed by atoms with Crippen molar-refractivity contribution < 1.29 is 9.53 Å². The van der Waals surface area contributed by atoms with Gasteiger partial charge in [0.2, 0.25) is 0 Å². The summed E-state index contributed by atoms with van der Waals surface area (Å²) in [7, 11) is 3.57. The molecule has 2 aromatic rings. The summed E-state index contributed by atoms with van der Waals surface area (Å²) in [6.07, 6.45) is 0. The minimum Gasteiger partial charge on any atom is -0.497 e. The summed E-state index contributed by atoms with van der Waals surface area (Å²) in [6.45, 7) is 7.98. The van der Waals surface area contributed by atoms with Crippen LogP contribution in [0.4, 0.5) is 0 Å². The first-order chi connectivity index (χ1) is 12.0. The molecule has 0 N–H and O–H groups in total. The van der Waals surface area contributed by atoms with Gasteiger partial charge in [0.15, 0.2) is 0 Å². The SMILES string of the molecule is COc1cccc(CN2CCN(C(=O)c3c(C)nn(C)c3C)CC2)c1. The van der Waals surface area contributed by atoms with Crippen LogP contribution in [0.2, 0.25) is 0 Å². The van der Waals surface area contributed by atoms with E-state index in [1.807, 2.05) is 37.9 Å². The average molecular weight is 342 g/mol. The summed E-state index contributed by atoms with van der Waals surface area (Å²) >= 11 is 0. The third kappa shape index (κ3) is 3.69. The van der Waals surface area contributed by atoms with Crippen LogP contribution in [0, 0.1) is 13.8 Å². The van der Waals surface area contributed by atoms with Gasteiger partial charge in [-0.05, 0) is 31.5 Å². The molecule has 1 aromatic heterocycles. The number of carbonyl (C=O) groups excluding carboxylic acids is 1. The molecule has 0 saturated carbocycles. The number of hydrogen-bond acceptors (Lipinski definition) is 4. The molecule has 134 valence electrons. The van der Waals surface area contributed by atoms with Gasteiger partial charge in [-0.15, -0.1) is 0 Å². The lowest BCUT2D eigenvalue weighted by atomic mass is 10.1. The fraction of sp³-hybridized carbons (Fsp3) is 0.474. The first kappa shape index (κ1) is 17.5. The fourth-order valence-electron chi connectivity index (χ4n) is 3.38. The lowest BCUT2D eigenvalue weighted by Gasteiger charge is -2.34. The van der Waals surface area contributed by atoms with Gasteiger partial charge in [-0.2, -0.15) is 5.10 Å². The van der Waals surface area contributed by atoms with Gasteiger partial charge in [-0.1, -0.05) is 12.1 Å². The Labute approximate surface area is 149 Å². The predicted octanol–water partition coefficient (Wildman–Crippen LogP) is 2.00. The second-order valence-corrected chi connectivity index (χ2v) is 6.59. The first-order valence-electron chi connectivity index (χ1n) is 8.64. The Bertz CT molecular complexity index is 761. The number of ether oxygens (including phenoxy) is 1. The minimum absolute atomic E-state index is 0.101. The highest BCUT2D eigenvalue weighted by Gasteiger charge is 2.26. The Kier molecular flexibility index (Phi) is 5.08. The summed E-state index contributed by atoms with van der Waals surface area (Å²) in [4.78, 5) is 17.2. The molecule has 1 aliphatic heterocycles. The van der Waals surface area contributed by atoms with Gasteiger partial charge >= 0.3 is 0 Å². The number of hydrogen-bond donors (Lipinski definition) is 0. The average Bonchev–Trinajstić information content (AvgIpc) is 2.87. The Morgan fingerprint density at radius 1 is 1.20 bits per heavy atom. The van der Waals surface area contributed by atoms with Gasteiger partial charge in [-0.3, -0.25) is 14.4 Å². The number of rotatable bonds is 4. The summed E-state index contributed by atoms with van der Waals surface area (Å²) < 4.78 is 7.07. The number of carbonyl (C=O) groups is 1. The molecule has 1 fully saturated rings. The van der Waals surface area contributed by atoms with Gasteiger partial charge in [0.25, 0.3) is 5.91 Å². The van der Waals surface area contributed by atoms with Crippen LogP contribution in [-0.4, -0.2) is 58.8 Å². The van der Waals surface area contributed by atoms with E-state index in [1.165, 1.54) is 5.56 Å². The van der Waals surface area contributed by atoms with E-state index in [9.17, 15) is 4.79 Å². The Balaban J connectivity index is 1.60. The van der Waals surface area contributed by atoms with E-state index in [1.54, 1.807) is 11.8 Å². The molecule has 3 rings (SSSR count). The van der Waals surface area contributed by atoms with Crippen LogP contribution in [0.1, 0.15) is 27.3 Å². The van der Waals surface area contributed by atoms with E-state index >= 15 is 0 Å². The van der Waals surface area contributed by atoms with Gasteiger partial charge in [0, 0.05) is 45.5 Å².